The van der Waals surface area contributed by atoms with Crippen molar-refractivity contribution in [1.29, 1.82) is 0 Å². The van der Waals surface area contributed by atoms with Gasteiger partial charge in [-0.05, 0) is 45.6 Å². The van der Waals surface area contributed by atoms with Crippen LogP contribution in [-0.4, -0.2) is 18.7 Å². The van der Waals surface area contributed by atoms with Crippen molar-refractivity contribution < 1.29 is 14.3 Å². The van der Waals surface area contributed by atoms with Gasteiger partial charge in [0.1, 0.15) is 5.75 Å². The standard InChI is InChI=1S/C15H13BrO3/c16-14-11-5-2-1-4-10(11)7-8-12(14)19-15(17)13-6-3-9-18-13/h1-2,4-5,7-8,13H,3,6,9H2. The fourth-order valence-electron chi connectivity index (χ4n) is 2.23. The monoisotopic (exact) mass is 320 g/mol. The molecule has 0 saturated carbocycles. The molecule has 1 fully saturated rings. The maximum atomic E-state index is 11.9. The van der Waals surface area contributed by atoms with Crippen LogP contribution in [0.5, 0.6) is 5.75 Å². The Balaban J connectivity index is 1.88. The van der Waals surface area contributed by atoms with Gasteiger partial charge in [-0.2, -0.15) is 0 Å². The summed E-state index contributed by atoms with van der Waals surface area (Å²) in [4.78, 5) is 11.9. The van der Waals surface area contributed by atoms with E-state index in [1.807, 2.05) is 30.3 Å². The number of hydrogen-bond acceptors (Lipinski definition) is 3. The summed E-state index contributed by atoms with van der Waals surface area (Å²) in [6.07, 6.45) is 1.24. The third kappa shape index (κ3) is 2.51. The molecule has 98 valence electrons. The summed E-state index contributed by atoms with van der Waals surface area (Å²) in [6, 6.07) is 11.7. The van der Waals surface area contributed by atoms with Crippen LogP contribution < -0.4 is 4.74 Å². The minimum Gasteiger partial charge on any atom is -0.423 e. The van der Waals surface area contributed by atoms with Gasteiger partial charge in [-0.15, -0.1) is 0 Å². The van der Waals surface area contributed by atoms with Gasteiger partial charge in [0.15, 0.2) is 6.10 Å². The Morgan fingerprint density at radius 2 is 2.11 bits per heavy atom. The maximum absolute atomic E-state index is 11.9. The molecule has 3 nitrogen and oxygen atoms in total. The Bertz CT molecular complexity index is 618. The number of rotatable bonds is 2. The molecule has 0 amide bonds. The first-order valence-corrected chi connectivity index (χ1v) is 7.05. The molecule has 0 bridgehead atoms. The van der Waals surface area contributed by atoms with Crippen LogP contribution in [0, 0.1) is 0 Å². The molecule has 1 aliphatic rings. The normalized spacial score (nSPS) is 18.7. The molecule has 0 aliphatic carbocycles. The minimum absolute atomic E-state index is 0.312. The van der Waals surface area contributed by atoms with E-state index in [1.165, 1.54) is 0 Å². The van der Waals surface area contributed by atoms with Crippen molar-refractivity contribution in [1.82, 2.24) is 0 Å². The Kier molecular flexibility index (Phi) is 3.53. The van der Waals surface area contributed by atoms with E-state index >= 15 is 0 Å². The fourth-order valence-corrected chi connectivity index (χ4v) is 2.80. The molecule has 0 N–H and O–H groups in total. The lowest BCUT2D eigenvalue weighted by Gasteiger charge is -2.12. The lowest BCUT2D eigenvalue weighted by atomic mass is 10.1. The predicted octanol–water partition coefficient (Wildman–Crippen LogP) is 3.69. The van der Waals surface area contributed by atoms with Crippen molar-refractivity contribution in [3.8, 4) is 5.75 Å². The third-order valence-corrected chi connectivity index (χ3v) is 4.05. The largest absolute Gasteiger partial charge is 0.423 e. The average Bonchev–Trinajstić information content (AvgIpc) is 2.96. The second kappa shape index (κ2) is 5.31. The summed E-state index contributed by atoms with van der Waals surface area (Å²) in [5.41, 5.74) is 0. The second-order valence-electron chi connectivity index (χ2n) is 4.52. The zero-order valence-electron chi connectivity index (χ0n) is 10.3. The van der Waals surface area contributed by atoms with Gasteiger partial charge in [0.2, 0.25) is 0 Å². The minimum atomic E-state index is -0.418. The Morgan fingerprint density at radius 1 is 1.26 bits per heavy atom. The lowest BCUT2D eigenvalue weighted by Crippen LogP contribution is -2.24. The van der Waals surface area contributed by atoms with Gasteiger partial charge >= 0.3 is 5.97 Å². The number of fused-ring (bicyclic) bond motifs is 1. The van der Waals surface area contributed by atoms with E-state index in [0.29, 0.717) is 12.4 Å². The fraction of sp³-hybridized carbons (Fsp3) is 0.267. The second-order valence-corrected chi connectivity index (χ2v) is 5.31. The third-order valence-electron chi connectivity index (χ3n) is 3.23. The van der Waals surface area contributed by atoms with E-state index in [1.54, 1.807) is 6.07 Å². The molecule has 2 aromatic rings. The van der Waals surface area contributed by atoms with Gasteiger partial charge in [0.05, 0.1) is 4.47 Å². The van der Waals surface area contributed by atoms with Gasteiger partial charge in [-0.1, -0.05) is 30.3 Å². The first kappa shape index (κ1) is 12.6. The quantitative estimate of drug-likeness (QED) is 0.625. The van der Waals surface area contributed by atoms with Crippen molar-refractivity contribution in [3.05, 3.63) is 40.9 Å². The Labute approximate surface area is 119 Å². The van der Waals surface area contributed by atoms with Crippen LogP contribution in [0.15, 0.2) is 40.9 Å². The molecule has 19 heavy (non-hydrogen) atoms. The molecule has 0 radical (unpaired) electrons. The molecule has 3 rings (SSSR count). The highest BCUT2D eigenvalue weighted by Crippen LogP contribution is 2.33. The summed E-state index contributed by atoms with van der Waals surface area (Å²) in [7, 11) is 0. The van der Waals surface area contributed by atoms with Gasteiger partial charge < -0.3 is 9.47 Å². The number of carbonyl (C=O) groups is 1. The molecular weight excluding hydrogens is 308 g/mol. The highest BCUT2D eigenvalue weighted by atomic mass is 79.9. The van der Waals surface area contributed by atoms with Crippen molar-refractivity contribution in [2.75, 3.05) is 6.61 Å². The van der Waals surface area contributed by atoms with Crippen molar-refractivity contribution in [3.63, 3.8) is 0 Å². The van der Waals surface area contributed by atoms with E-state index in [9.17, 15) is 4.79 Å². The summed E-state index contributed by atoms with van der Waals surface area (Å²) < 4.78 is 11.6. The van der Waals surface area contributed by atoms with Crippen LogP contribution in [-0.2, 0) is 9.53 Å². The number of carbonyl (C=O) groups excluding carboxylic acids is 1. The zero-order valence-corrected chi connectivity index (χ0v) is 11.9. The highest BCUT2D eigenvalue weighted by molar-refractivity contribution is 9.10. The summed E-state index contributed by atoms with van der Waals surface area (Å²) >= 11 is 3.50. The first-order chi connectivity index (χ1) is 9.25. The smallest absolute Gasteiger partial charge is 0.340 e. The van der Waals surface area contributed by atoms with Crippen molar-refractivity contribution in [2.24, 2.45) is 0 Å². The van der Waals surface area contributed by atoms with E-state index in [-0.39, 0.29) is 5.97 Å². The molecule has 1 unspecified atom stereocenters. The van der Waals surface area contributed by atoms with Crippen LogP contribution in [0.1, 0.15) is 12.8 Å². The topological polar surface area (TPSA) is 35.5 Å². The van der Waals surface area contributed by atoms with Crippen LogP contribution in [0.2, 0.25) is 0 Å². The van der Waals surface area contributed by atoms with Gasteiger partial charge in [0, 0.05) is 6.61 Å². The molecule has 1 atom stereocenters. The highest BCUT2D eigenvalue weighted by Gasteiger charge is 2.26. The summed E-state index contributed by atoms with van der Waals surface area (Å²) in [5.74, 6) is 0.229. The number of benzene rings is 2. The van der Waals surface area contributed by atoms with Crippen LogP contribution in [0.4, 0.5) is 0 Å². The summed E-state index contributed by atoms with van der Waals surface area (Å²) in [6.45, 7) is 0.638. The summed E-state index contributed by atoms with van der Waals surface area (Å²) in [5, 5.41) is 2.13. The number of hydrogen-bond donors (Lipinski definition) is 0. The first-order valence-electron chi connectivity index (χ1n) is 6.26. The number of ether oxygens (including phenoxy) is 2. The van der Waals surface area contributed by atoms with E-state index < -0.39 is 6.10 Å². The molecule has 1 heterocycles. The van der Waals surface area contributed by atoms with Crippen LogP contribution in [0.3, 0.4) is 0 Å². The molecular formula is C15H13BrO3. The van der Waals surface area contributed by atoms with Crippen LogP contribution >= 0.6 is 15.9 Å². The van der Waals surface area contributed by atoms with E-state index in [4.69, 9.17) is 9.47 Å². The Morgan fingerprint density at radius 3 is 2.89 bits per heavy atom. The predicted molar refractivity (Wildman–Crippen MR) is 76.3 cm³/mol. The van der Waals surface area contributed by atoms with E-state index in [0.717, 1.165) is 28.1 Å². The van der Waals surface area contributed by atoms with Crippen LogP contribution in [0.25, 0.3) is 10.8 Å². The molecule has 1 aliphatic heterocycles. The Hall–Kier alpha value is -1.39. The molecule has 0 aromatic heterocycles. The molecule has 1 saturated heterocycles. The lowest BCUT2D eigenvalue weighted by molar-refractivity contribution is -0.144. The number of esters is 1. The zero-order chi connectivity index (χ0) is 13.2. The number of halogens is 1. The molecule has 4 heteroatoms. The van der Waals surface area contributed by atoms with Gasteiger partial charge in [-0.25, -0.2) is 4.79 Å². The molecule has 0 spiro atoms. The molecule has 2 aromatic carbocycles. The van der Waals surface area contributed by atoms with Gasteiger partial charge in [0.25, 0.3) is 0 Å². The SMILES string of the molecule is O=C(Oc1ccc2ccccc2c1Br)C1CCCO1. The van der Waals surface area contributed by atoms with Crippen molar-refractivity contribution >= 4 is 32.7 Å². The van der Waals surface area contributed by atoms with Gasteiger partial charge in [-0.3, -0.25) is 0 Å². The maximum Gasteiger partial charge on any atom is 0.340 e. The van der Waals surface area contributed by atoms with E-state index in [2.05, 4.69) is 15.9 Å². The van der Waals surface area contributed by atoms with Crippen molar-refractivity contribution in [2.45, 2.75) is 18.9 Å². The average molecular weight is 321 g/mol.